The quantitative estimate of drug-likeness (QED) is 0.436. The van der Waals surface area contributed by atoms with Gasteiger partial charge in [0.05, 0.1) is 25.9 Å². The Kier molecular flexibility index (Phi) is 7.73. The molecule has 0 saturated carbocycles. The summed E-state index contributed by atoms with van der Waals surface area (Å²) in [5, 5.41) is 7.62. The van der Waals surface area contributed by atoms with Crippen molar-refractivity contribution in [1.29, 1.82) is 0 Å². The predicted octanol–water partition coefficient (Wildman–Crippen LogP) is 2.83. The first-order chi connectivity index (χ1) is 13.7. The van der Waals surface area contributed by atoms with Crippen LogP contribution in [0.15, 0.2) is 41.7 Å². The number of hydrogen-bond donors (Lipinski definition) is 1. The Labute approximate surface area is 170 Å². The fraction of sp³-hybridized carbons (Fsp3) is 0.500. The van der Waals surface area contributed by atoms with Crippen LogP contribution in [0.2, 0.25) is 0 Å². The second-order valence-corrected chi connectivity index (χ2v) is 7.74. The molecule has 2 aromatic rings. The number of hydrogen-bond acceptors (Lipinski definition) is 4. The molecule has 0 aliphatic carbocycles. The number of benzene rings is 1. The smallest absolute Gasteiger partial charge is 0.194 e. The van der Waals surface area contributed by atoms with Crippen LogP contribution in [-0.2, 0) is 17.5 Å². The van der Waals surface area contributed by atoms with Gasteiger partial charge in [0.25, 0.3) is 0 Å². The van der Waals surface area contributed by atoms with Crippen LogP contribution in [0.1, 0.15) is 24.2 Å². The third-order valence-corrected chi connectivity index (χ3v) is 5.50. The van der Waals surface area contributed by atoms with Gasteiger partial charge in [0, 0.05) is 43.4 Å². The van der Waals surface area contributed by atoms with Gasteiger partial charge < -0.3 is 15.0 Å². The van der Waals surface area contributed by atoms with Crippen molar-refractivity contribution in [1.82, 2.24) is 20.0 Å². The van der Waals surface area contributed by atoms with Crippen molar-refractivity contribution in [2.75, 3.05) is 38.5 Å². The Morgan fingerprint density at radius 1 is 1.43 bits per heavy atom. The van der Waals surface area contributed by atoms with Crippen molar-refractivity contribution in [3.8, 4) is 0 Å². The van der Waals surface area contributed by atoms with Crippen molar-refractivity contribution in [3.05, 3.63) is 53.6 Å². The predicted molar refractivity (Wildman–Crippen MR) is 112 cm³/mol. The summed E-state index contributed by atoms with van der Waals surface area (Å²) < 4.78 is 21.4. The zero-order chi connectivity index (χ0) is 19.8. The van der Waals surface area contributed by atoms with Crippen molar-refractivity contribution in [2.45, 2.75) is 18.8 Å². The largest absolute Gasteiger partial charge is 0.370 e. The highest BCUT2D eigenvalue weighted by molar-refractivity contribution is 7.98. The maximum absolute atomic E-state index is 13.7. The van der Waals surface area contributed by atoms with E-state index < -0.39 is 0 Å². The molecule has 1 N–H and O–H groups in total. The van der Waals surface area contributed by atoms with E-state index in [1.54, 1.807) is 22.5 Å². The summed E-state index contributed by atoms with van der Waals surface area (Å²) in [5.41, 5.74) is 1.83. The van der Waals surface area contributed by atoms with E-state index in [0.29, 0.717) is 18.9 Å². The highest BCUT2D eigenvalue weighted by Crippen LogP contribution is 2.21. The van der Waals surface area contributed by atoms with Gasteiger partial charge >= 0.3 is 0 Å². The summed E-state index contributed by atoms with van der Waals surface area (Å²) in [6, 6.07) is 6.94. The van der Waals surface area contributed by atoms with E-state index >= 15 is 0 Å². The van der Waals surface area contributed by atoms with E-state index in [9.17, 15) is 4.39 Å². The molecular formula is C20H28FN5OS. The summed E-state index contributed by atoms with van der Waals surface area (Å²) in [5.74, 6) is 2.28. The Hall–Kier alpha value is -2.06. The van der Waals surface area contributed by atoms with Gasteiger partial charge in [-0.25, -0.2) is 4.39 Å². The molecule has 0 bridgehead atoms. The number of aromatic nitrogens is 2. The van der Waals surface area contributed by atoms with Crippen molar-refractivity contribution < 1.29 is 9.13 Å². The molecule has 0 radical (unpaired) electrons. The summed E-state index contributed by atoms with van der Waals surface area (Å²) in [4.78, 5) is 7.01. The number of rotatable bonds is 7. The number of aliphatic imine (C=N–C) groups is 1. The number of morpholine rings is 1. The first-order valence-corrected chi connectivity index (χ1v) is 10.8. The molecule has 0 spiro atoms. The minimum Gasteiger partial charge on any atom is -0.370 e. The standard InChI is InChI=1S/C20H28FN5OS/c1-3-22-20(23-8-11-28-15-16-6-4-5-7-18(16)21)26-9-10-27-19(14-26)17-12-24-25(2)13-17/h4-7,12-13,19H,3,8-11,14-15H2,1-2H3,(H,22,23). The number of nitrogens with one attached hydrogen (secondary N) is 1. The normalized spacial score (nSPS) is 17.8. The molecule has 1 atom stereocenters. The molecular weight excluding hydrogens is 377 g/mol. The van der Waals surface area contributed by atoms with Gasteiger partial charge in [-0.3, -0.25) is 9.67 Å². The molecule has 6 nitrogen and oxygen atoms in total. The van der Waals surface area contributed by atoms with E-state index in [4.69, 9.17) is 9.73 Å². The minimum atomic E-state index is -0.137. The van der Waals surface area contributed by atoms with Crippen LogP contribution < -0.4 is 5.32 Å². The maximum Gasteiger partial charge on any atom is 0.194 e. The van der Waals surface area contributed by atoms with Gasteiger partial charge in [-0.15, -0.1) is 0 Å². The monoisotopic (exact) mass is 405 g/mol. The van der Waals surface area contributed by atoms with Crippen LogP contribution in [0.5, 0.6) is 0 Å². The summed E-state index contributed by atoms with van der Waals surface area (Å²) in [6.45, 7) is 5.80. The Morgan fingerprint density at radius 3 is 3.04 bits per heavy atom. The minimum absolute atomic E-state index is 0.00161. The molecule has 8 heteroatoms. The van der Waals surface area contributed by atoms with Crippen LogP contribution in [0.3, 0.4) is 0 Å². The van der Waals surface area contributed by atoms with Crippen molar-refractivity contribution in [2.24, 2.45) is 12.0 Å². The first-order valence-electron chi connectivity index (χ1n) is 9.62. The second-order valence-electron chi connectivity index (χ2n) is 6.63. The SMILES string of the molecule is CCNC(=NCCSCc1ccccc1F)N1CCOC(c2cnn(C)c2)C1. The van der Waals surface area contributed by atoms with Gasteiger partial charge in [-0.2, -0.15) is 16.9 Å². The number of aryl methyl sites for hydroxylation is 1. The molecule has 1 saturated heterocycles. The molecule has 1 aromatic heterocycles. The van der Waals surface area contributed by atoms with E-state index in [1.807, 2.05) is 31.6 Å². The Bertz CT molecular complexity index is 781. The van der Waals surface area contributed by atoms with E-state index in [-0.39, 0.29) is 11.9 Å². The van der Waals surface area contributed by atoms with Crippen LogP contribution in [0.4, 0.5) is 4.39 Å². The van der Waals surface area contributed by atoms with E-state index in [2.05, 4.69) is 22.2 Å². The molecule has 152 valence electrons. The van der Waals surface area contributed by atoms with Crippen molar-refractivity contribution in [3.63, 3.8) is 0 Å². The van der Waals surface area contributed by atoms with E-state index in [0.717, 1.165) is 42.5 Å². The number of halogens is 1. The summed E-state index contributed by atoms with van der Waals surface area (Å²) in [6.07, 6.45) is 3.86. The zero-order valence-corrected chi connectivity index (χ0v) is 17.3. The average molecular weight is 406 g/mol. The molecule has 1 unspecified atom stereocenters. The van der Waals surface area contributed by atoms with Gasteiger partial charge in [0.2, 0.25) is 0 Å². The third-order valence-electron chi connectivity index (χ3n) is 4.51. The molecule has 2 heterocycles. The van der Waals surface area contributed by atoms with Crippen LogP contribution in [0.25, 0.3) is 0 Å². The van der Waals surface area contributed by atoms with Crippen LogP contribution >= 0.6 is 11.8 Å². The molecule has 3 rings (SSSR count). The second kappa shape index (κ2) is 10.5. The lowest BCUT2D eigenvalue weighted by molar-refractivity contribution is -0.00802. The van der Waals surface area contributed by atoms with Gasteiger partial charge in [-0.1, -0.05) is 18.2 Å². The number of thioether (sulfide) groups is 1. The summed E-state index contributed by atoms with van der Waals surface area (Å²) in [7, 11) is 1.91. The highest BCUT2D eigenvalue weighted by atomic mass is 32.2. The third kappa shape index (κ3) is 5.72. The van der Waals surface area contributed by atoms with Crippen LogP contribution in [0, 0.1) is 5.82 Å². The highest BCUT2D eigenvalue weighted by Gasteiger charge is 2.25. The maximum atomic E-state index is 13.7. The topological polar surface area (TPSA) is 54.7 Å². The lowest BCUT2D eigenvalue weighted by Gasteiger charge is -2.34. The molecule has 1 aliphatic heterocycles. The fourth-order valence-corrected chi connectivity index (χ4v) is 3.91. The lowest BCUT2D eigenvalue weighted by Crippen LogP contribution is -2.48. The number of guanidine groups is 1. The molecule has 1 aliphatic rings. The van der Waals surface area contributed by atoms with Crippen molar-refractivity contribution >= 4 is 17.7 Å². The Morgan fingerprint density at radius 2 is 2.29 bits per heavy atom. The zero-order valence-electron chi connectivity index (χ0n) is 16.5. The summed E-state index contributed by atoms with van der Waals surface area (Å²) >= 11 is 1.70. The van der Waals surface area contributed by atoms with Gasteiger partial charge in [0.1, 0.15) is 11.9 Å². The lowest BCUT2D eigenvalue weighted by atomic mass is 10.1. The first kappa shape index (κ1) is 20.7. The van der Waals surface area contributed by atoms with Gasteiger partial charge in [0.15, 0.2) is 5.96 Å². The fourth-order valence-electron chi connectivity index (χ4n) is 3.09. The molecule has 0 amide bonds. The number of ether oxygens (including phenoxy) is 1. The van der Waals surface area contributed by atoms with Gasteiger partial charge in [-0.05, 0) is 18.6 Å². The Balaban J connectivity index is 1.52. The number of nitrogens with zero attached hydrogens (tertiary/aromatic N) is 4. The average Bonchev–Trinajstić information content (AvgIpc) is 3.15. The van der Waals surface area contributed by atoms with Crippen LogP contribution in [-0.4, -0.2) is 59.2 Å². The van der Waals surface area contributed by atoms with E-state index in [1.165, 1.54) is 6.07 Å². The molecule has 1 fully saturated rings. The molecule has 28 heavy (non-hydrogen) atoms. The molecule has 1 aromatic carbocycles.